The first-order chi connectivity index (χ1) is 8.16. The van der Waals surface area contributed by atoms with Gasteiger partial charge in [0.25, 0.3) is 0 Å². The van der Waals surface area contributed by atoms with Crippen LogP contribution in [0, 0.1) is 5.92 Å². The smallest absolute Gasteiger partial charge is 0.228 e. The van der Waals surface area contributed by atoms with Gasteiger partial charge in [0.1, 0.15) is 0 Å². The molecule has 4 heteroatoms. The summed E-state index contributed by atoms with van der Waals surface area (Å²) < 4.78 is 0. The van der Waals surface area contributed by atoms with Crippen molar-refractivity contribution in [1.29, 1.82) is 0 Å². The van der Waals surface area contributed by atoms with Crippen molar-refractivity contribution in [2.45, 2.75) is 12.8 Å². The molecule has 92 valence electrons. The largest absolute Gasteiger partial charge is 0.397 e. The average molecular weight is 233 g/mol. The Hall–Kier alpha value is -1.55. The summed E-state index contributed by atoms with van der Waals surface area (Å²) in [6, 6.07) is 7.36. The summed E-state index contributed by atoms with van der Waals surface area (Å²) in [5, 5.41) is 2.91. The summed E-state index contributed by atoms with van der Waals surface area (Å²) in [4.78, 5) is 14.3. The van der Waals surface area contributed by atoms with Crippen LogP contribution < -0.4 is 11.1 Å². The highest BCUT2D eigenvalue weighted by Crippen LogP contribution is 2.21. The molecule has 17 heavy (non-hydrogen) atoms. The van der Waals surface area contributed by atoms with Gasteiger partial charge >= 0.3 is 0 Å². The molecule has 1 aromatic carbocycles. The molecular weight excluding hydrogens is 214 g/mol. The first-order valence-electron chi connectivity index (χ1n) is 6.00. The lowest BCUT2D eigenvalue weighted by molar-refractivity contribution is -0.121. The van der Waals surface area contributed by atoms with Gasteiger partial charge in [-0.25, -0.2) is 0 Å². The van der Waals surface area contributed by atoms with E-state index >= 15 is 0 Å². The number of rotatable bonds is 2. The molecule has 1 saturated heterocycles. The normalized spacial score (nSPS) is 21.1. The highest BCUT2D eigenvalue weighted by atomic mass is 16.1. The molecule has 0 aromatic heterocycles. The van der Waals surface area contributed by atoms with Crippen molar-refractivity contribution in [1.82, 2.24) is 4.90 Å². The molecule has 0 aliphatic carbocycles. The van der Waals surface area contributed by atoms with Crippen LogP contribution in [0.4, 0.5) is 11.4 Å². The van der Waals surface area contributed by atoms with Crippen LogP contribution in [-0.2, 0) is 4.79 Å². The van der Waals surface area contributed by atoms with Gasteiger partial charge in [0, 0.05) is 6.54 Å². The van der Waals surface area contributed by atoms with Crippen molar-refractivity contribution in [3.63, 3.8) is 0 Å². The van der Waals surface area contributed by atoms with E-state index in [0.29, 0.717) is 11.4 Å². The van der Waals surface area contributed by atoms with Crippen LogP contribution in [0.3, 0.4) is 0 Å². The van der Waals surface area contributed by atoms with E-state index in [1.165, 1.54) is 0 Å². The predicted octanol–water partition coefficient (Wildman–Crippen LogP) is 1.55. The number of hydrogen-bond donors (Lipinski definition) is 2. The van der Waals surface area contributed by atoms with Gasteiger partial charge in [-0.2, -0.15) is 0 Å². The molecule has 2 rings (SSSR count). The summed E-state index contributed by atoms with van der Waals surface area (Å²) in [6.07, 6.45) is 2.04. The Morgan fingerprint density at radius 2 is 2.24 bits per heavy atom. The fraction of sp³-hybridized carbons (Fsp3) is 0.462. The fourth-order valence-electron chi connectivity index (χ4n) is 2.23. The minimum atomic E-state index is 0.0772. The Morgan fingerprint density at radius 1 is 1.47 bits per heavy atom. The third-order valence-electron chi connectivity index (χ3n) is 3.21. The summed E-state index contributed by atoms with van der Waals surface area (Å²) >= 11 is 0. The predicted molar refractivity (Wildman–Crippen MR) is 69.7 cm³/mol. The lowest BCUT2D eigenvalue weighted by atomic mass is 9.97. The molecule has 4 nitrogen and oxygen atoms in total. The second-order valence-electron chi connectivity index (χ2n) is 4.68. The monoisotopic (exact) mass is 233 g/mol. The van der Waals surface area contributed by atoms with Crippen molar-refractivity contribution in [3.8, 4) is 0 Å². The Bertz CT molecular complexity index is 405. The molecular formula is C13H19N3O. The number of hydrogen-bond acceptors (Lipinski definition) is 3. The number of carbonyl (C=O) groups excluding carboxylic acids is 1. The molecule has 1 aromatic rings. The van der Waals surface area contributed by atoms with Crippen molar-refractivity contribution in [3.05, 3.63) is 24.3 Å². The number of nitrogens with one attached hydrogen (secondary N) is 1. The van der Waals surface area contributed by atoms with Crippen LogP contribution in [0.5, 0.6) is 0 Å². The lowest BCUT2D eigenvalue weighted by Gasteiger charge is -2.28. The molecule has 1 amide bonds. The molecule has 1 aliphatic rings. The molecule has 1 heterocycles. The standard InChI is InChI=1S/C13H19N3O/c1-16-8-4-5-10(9-16)13(17)15-12-7-3-2-6-11(12)14/h2-3,6-7,10H,4-5,8-9,14H2,1H3,(H,15,17). The number of nitrogens with zero attached hydrogens (tertiary/aromatic N) is 1. The van der Waals surface area contributed by atoms with Gasteiger partial charge < -0.3 is 16.0 Å². The average Bonchev–Trinajstić information content (AvgIpc) is 2.32. The zero-order chi connectivity index (χ0) is 12.3. The topological polar surface area (TPSA) is 58.4 Å². The Labute approximate surface area is 102 Å². The van der Waals surface area contributed by atoms with E-state index in [9.17, 15) is 4.79 Å². The number of piperidine rings is 1. The van der Waals surface area contributed by atoms with Crippen molar-refractivity contribution in [2.24, 2.45) is 5.92 Å². The van der Waals surface area contributed by atoms with Crippen LogP contribution >= 0.6 is 0 Å². The first-order valence-corrected chi connectivity index (χ1v) is 6.00. The Kier molecular flexibility index (Phi) is 3.64. The number of anilines is 2. The fourth-order valence-corrected chi connectivity index (χ4v) is 2.23. The first kappa shape index (κ1) is 11.9. The number of nitrogens with two attached hydrogens (primary N) is 1. The van der Waals surface area contributed by atoms with Crippen LogP contribution in [0.1, 0.15) is 12.8 Å². The van der Waals surface area contributed by atoms with E-state index in [1.54, 1.807) is 6.07 Å². The maximum absolute atomic E-state index is 12.1. The summed E-state index contributed by atoms with van der Waals surface area (Å²) in [5.74, 6) is 0.155. The molecule has 1 aliphatic heterocycles. The van der Waals surface area contributed by atoms with Gasteiger partial charge in [0.05, 0.1) is 17.3 Å². The molecule has 1 atom stereocenters. The third-order valence-corrected chi connectivity index (χ3v) is 3.21. The lowest BCUT2D eigenvalue weighted by Crippen LogP contribution is -2.38. The molecule has 0 spiro atoms. The van der Waals surface area contributed by atoms with Gasteiger partial charge in [-0.3, -0.25) is 4.79 Å². The number of nitrogen functional groups attached to an aromatic ring is 1. The van der Waals surface area contributed by atoms with Crippen LogP contribution in [0.25, 0.3) is 0 Å². The van der Waals surface area contributed by atoms with Gasteiger partial charge in [-0.05, 0) is 38.6 Å². The van der Waals surface area contributed by atoms with E-state index in [1.807, 2.05) is 18.2 Å². The third kappa shape index (κ3) is 2.97. The van der Waals surface area contributed by atoms with Gasteiger partial charge in [-0.1, -0.05) is 12.1 Å². The van der Waals surface area contributed by atoms with E-state index in [-0.39, 0.29) is 11.8 Å². The minimum Gasteiger partial charge on any atom is -0.397 e. The number of benzene rings is 1. The van der Waals surface area contributed by atoms with Gasteiger partial charge in [-0.15, -0.1) is 0 Å². The van der Waals surface area contributed by atoms with E-state index in [4.69, 9.17) is 5.73 Å². The zero-order valence-electron chi connectivity index (χ0n) is 10.1. The number of likely N-dealkylation sites (tertiary alicyclic amines) is 1. The Morgan fingerprint density at radius 3 is 2.94 bits per heavy atom. The molecule has 0 saturated carbocycles. The second kappa shape index (κ2) is 5.19. The van der Waals surface area contributed by atoms with Crippen molar-refractivity contribution < 1.29 is 4.79 Å². The van der Waals surface area contributed by atoms with E-state index < -0.39 is 0 Å². The molecule has 0 bridgehead atoms. The SMILES string of the molecule is CN1CCCC(C(=O)Nc2ccccc2N)C1. The van der Waals surface area contributed by atoms with Crippen LogP contribution in [0.15, 0.2) is 24.3 Å². The second-order valence-corrected chi connectivity index (χ2v) is 4.68. The summed E-state index contributed by atoms with van der Waals surface area (Å²) in [5.41, 5.74) is 7.13. The summed E-state index contributed by atoms with van der Waals surface area (Å²) in [6.45, 7) is 1.91. The minimum absolute atomic E-state index is 0.0772. The van der Waals surface area contributed by atoms with Crippen molar-refractivity contribution >= 4 is 17.3 Å². The summed E-state index contributed by atoms with van der Waals surface area (Å²) in [7, 11) is 2.05. The molecule has 1 fully saturated rings. The van der Waals surface area contributed by atoms with E-state index in [2.05, 4.69) is 17.3 Å². The number of amides is 1. The highest BCUT2D eigenvalue weighted by molar-refractivity contribution is 5.95. The maximum atomic E-state index is 12.1. The highest BCUT2D eigenvalue weighted by Gasteiger charge is 2.24. The van der Waals surface area contributed by atoms with Gasteiger partial charge in [0.2, 0.25) is 5.91 Å². The Balaban J connectivity index is 1.99. The molecule has 3 N–H and O–H groups in total. The number of para-hydroxylation sites is 2. The van der Waals surface area contributed by atoms with Crippen LogP contribution in [-0.4, -0.2) is 30.9 Å². The number of carbonyl (C=O) groups is 1. The van der Waals surface area contributed by atoms with E-state index in [0.717, 1.165) is 25.9 Å². The quantitative estimate of drug-likeness (QED) is 0.762. The molecule has 0 radical (unpaired) electrons. The maximum Gasteiger partial charge on any atom is 0.228 e. The molecule has 1 unspecified atom stereocenters. The van der Waals surface area contributed by atoms with Crippen LogP contribution in [0.2, 0.25) is 0 Å². The zero-order valence-corrected chi connectivity index (χ0v) is 10.1. The van der Waals surface area contributed by atoms with Gasteiger partial charge in [0.15, 0.2) is 0 Å². The van der Waals surface area contributed by atoms with Crippen molar-refractivity contribution in [2.75, 3.05) is 31.2 Å².